The van der Waals surface area contributed by atoms with E-state index in [-0.39, 0.29) is 13.2 Å². The highest BCUT2D eigenvalue weighted by Gasteiger charge is 2.10. The molecule has 0 fully saturated rings. The van der Waals surface area contributed by atoms with Gasteiger partial charge in [0.2, 0.25) is 0 Å². The molecule has 0 aliphatic rings. The lowest BCUT2D eigenvalue weighted by atomic mass is 10.2. The van der Waals surface area contributed by atoms with Crippen molar-refractivity contribution < 1.29 is 16.8 Å². The third-order valence-electron chi connectivity index (χ3n) is 2.79. The summed E-state index contributed by atoms with van der Waals surface area (Å²) in [6.45, 7) is 4.57. The first-order valence-electron chi connectivity index (χ1n) is 7.96. The van der Waals surface area contributed by atoms with Crippen LogP contribution in [0.25, 0.3) is 0 Å². The first kappa shape index (κ1) is 20.3. The number of allylic oxidation sites excluding steroid dienone is 4. The third kappa shape index (κ3) is 15.6. The first-order valence-corrected chi connectivity index (χ1v) is 9.29. The SMILES string of the molecule is CC/C=C/CCCCOS(=O)(=O)OCCCC/C=C/CC. The molecule has 4 nitrogen and oxygen atoms in total. The average molecular weight is 318 g/mol. The van der Waals surface area contributed by atoms with Gasteiger partial charge in [0.15, 0.2) is 0 Å². The highest BCUT2D eigenvalue weighted by atomic mass is 32.3. The van der Waals surface area contributed by atoms with E-state index in [0.717, 1.165) is 51.4 Å². The van der Waals surface area contributed by atoms with Crippen molar-refractivity contribution in [3.8, 4) is 0 Å². The Morgan fingerprint density at radius 1 is 0.714 bits per heavy atom. The number of hydrogen-bond acceptors (Lipinski definition) is 4. The predicted molar refractivity (Wildman–Crippen MR) is 87.4 cm³/mol. The zero-order valence-corrected chi connectivity index (χ0v) is 14.2. The molecule has 0 rings (SSSR count). The minimum Gasteiger partial charge on any atom is -0.248 e. The molecular formula is C16H30O4S. The van der Waals surface area contributed by atoms with Crippen molar-refractivity contribution in [2.45, 2.75) is 65.2 Å². The predicted octanol–water partition coefficient (Wildman–Crippen LogP) is 4.54. The zero-order valence-electron chi connectivity index (χ0n) is 13.4. The molecule has 21 heavy (non-hydrogen) atoms. The van der Waals surface area contributed by atoms with Crippen LogP contribution >= 0.6 is 0 Å². The lowest BCUT2D eigenvalue weighted by molar-refractivity contribution is 0.209. The summed E-state index contributed by atoms with van der Waals surface area (Å²) < 4.78 is 32.4. The van der Waals surface area contributed by atoms with Gasteiger partial charge in [0.1, 0.15) is 0 Å². The van der Waals surface area contributed by atoms with Crippen molar-refractivity contribution in [3.63, 3.8) is 0 Å². The number of rotatable bonds is 14. The molecule has 0 atom stereocenters. The van der Waals surface area contributed by atoms with Gasteiger partial charge >= 0.3 is 10.4 Å². The summed E-state index contributed by atoms with van der Waals surface area (Å²) in [6.07, 6.45) is 15.7. The molecule has 0 bridgehead atoms. The normalized spacial score (nSPS) is 12.7. The van der Waals surface area contributed by atoms with Crippen LogP contribution in [-0.2, 0) is 18.8 Å². The smallest absolute Gasteiger partial charge is 0.248 e. The van der Waals surface area contributed by atoms with E-state index in [1.54, 1.807) is 0 Å². The van der Waals surface area contributed by atoms with E-state index in [1.165, 1.54) is 0 Å². The van der Waals surface area contributed by atoms with E-state index < -0.39 is 10.4 Å². The maximum absolute atomic E-state index is 11.4. The first-order chi connectivity index (χ1) is 10.1. The van der Waals surface area contributed by atoms with E-state index >= 15 is 0 Å². The molecule has 0 N–H and O–H groups in total. The van der Waals surface area contributed by atoms with Crippen LogP contribution in [0.15, 0.2) is 24.3 Å². The monoisotopic (exact) mass is 318 g/mol. The topological polar surface area (TPSA) is 52.6 Å². The summed E-state index contributed by atoms with van der Waals surface area (Å²) in [6, 6.07) is 0. The Kier molecular flexibility index (Phi) is 13.9. The fourth-order valence-corrected chi connectivity index (χ4v) is 2.37. The maximum Gasteiger partial charge on any atom is 0.399 e. The van der Waals surface area contributed by atoms with Crippen LogP contribution < -0.4 is 0 Å². The largest absolute Gasteiger partial charge is 0.399 e. The van der Waals surface area contributed by atoms with Gasteiger partial charge < -0.3 is 0 Å². The molecule has 0 aromatic heterocycles. The second-order valence-electron chi connectivity index (χ2n) is 4.80. The van der Waals surface area contributed by atoms with Crippen LogP contribution in [0.3, 0.4) is 0 Å². The fourth-order valence-electron chi connectivity index (χ4n) is 1.65. The molecule has 0 radical (unpaired) electrons. The maximum atomic E-state index is 11.4. The van der Waals surface area contributed by atoms with Crippen molar-refractivity contribution in [1.82, 2.24) is 0 Å². The summed E-state index contributed by atoms with van der Waals surface area (Å²) in [5.74, 6) is 0. The highest BCUT2D eigenvalue weighted by molar-refractivity contribution is 7.81. The summed E-state index contributed by atoms with van der Waals surface area (Å²) in [7, 11) is -3.81. The fraction of sp³-hybridized carbons (Fsp3) is 0.750. The van der Waals surface area contributed by atoms with Gasteiger partial charge in [-0.2, -0.15) is 8.42 Å². The molecule has 0 saturated carbocycles. The summed E-state index contributed by atoms with van der Waals surface area (Å²) in [5.41, 5.74) is 0. The standard InChI is InChI=1S/C16H30O4S/c1-3-5-7-9-11-13-15-19-21(17,18)20-16-14-12-10-8-6-4-2/h5-8H,3-4,9-16H2,1-2H3/b7-5+,8-6+. The molecule has 5 heteroatoms. The second-order valence-corrected chi connectivity index (χ2v) is 6.09. The minimum absolute atomic E-state index is 0.196. The third-order valence-corrected chi connectivity index (χ3v) is 3.70. The average Bonchev–Trinajstić information content (AvgIpc) is 2.45. The summed E-state index contributed by atoms with van der Waals surface area (Å²) in [5, 5.41) is 0. The summed E-state index contributed by atoms with van der Waals surface area (Å²) in [4.78, 5) is 0. The van der Waals surface area contributed by atoms with Crippen molar-refractivity contribution in [2.24, 2.45) is 0 Å². The van der Waals surface area contributed by atoms with E-state index in [9.17, 15) is 8.42 Å². The second kappa shape index (κ2) is 14.3. The number of unbranched alkanes of at least 4 members (excludes halogenated alkanes) is 4. The number of hydrogen-bond donors (Lipinski definition) is 0. The van der Waals surface area contributed by atoms with Gasteiger partial charge in [-0.3, -0.25) is 0 Å². The van der Waals surface area contributed by atoms with Gasteiger partial charge in [0.25, 0.3) is 0 Å². The Hall–Kier alpha value is -0.650. The van der Waals surface area contributed by atoms with Gasteiger partial charge in [-0.15, -0.1) is 0 Å². The molecular weight excluding hydrogens is 288 g/mol. The van der Waals surface area contributed by atoms with Gasteiger partial charge in [-0.05, 0) is 51.4 Å². The van der Waals surface area contributed by atoms with Crippen molar-refractivity contribution in [3.05, 3.63) is 24.3 Å². The molecule has 0 aromatic rings. The Morgan fingerprint density at radius 2 is 1.14 bits per heavy atom. The van der Waals surface area contributed by atoms with Crippen molar-refractivity contribution in [1.29, 1.82) is 0 Å². The molecule has 0 aliphatic carbocycles. The van der Waals surface area contributed by atoms with E-state index in [4.69, 9.17) is 8.37 Å². The molecule has 0 heterocycles. The molecule has 0 aliphatic heterocycles. The van der Waals surface area contributed by atoms with E-state index in [1.807, 2.05) is 0 Å². The van der Waals surface area contributed by atoms with Gasteiger partial charge in [0.05, 0.1) is 13.2 Å². The van der Waals surface area contributed by atoms with Crippen LogP contribution in [0.5, 0.6) is 0 Å². The minimum atomic E-state index is -3.81. The molecule has 0 amide bonds. The van der Waals surface area contributed by atoms with E-state index in [0.29, 0.717) is 0 Å². The Labute approximate surface area is 130 Å². The molecule has 124 valence electrons. The van der Waals surface area contributed by atoms with Gasteiger partial charge in [-0.1, -0.05) is 38.2 Å². The Bertz CT molecular complexity index is 342. The summed E-state index contributed by atoms with van der Waals surface area (Å²) >= 11 is 0. The Morgan fingerprint density at radius 3 is 1.52 bits per heavy atom. The van der Waals surface area contributed by atoms with Crippen LogP contribution in [0.1, 0.15) is 65.2 Å². The van der Waals surface area contributed by atoms with Crippen LogP contribution in [0.4, 0.5) is 0 Å². The highest BCUT2D eigenvalue weighted by Crippen LogP contribution is 2.05. The van der Waals surface area contributed by atoms with Gasteiger partial charge in [0, 0.05) is 0 Å². The zero-order chi connectivity index (χ0) is 15.8. The quantitative estimate of drug-likeness (QED) is 0.348. The van der Waals surface area contributed by atoms with Crippen LogP contribution in [0.2, 0.25) is 0 Å². The lowest BCUT2D eigenvalue weighted by Gasteiger charge is -2.05. The van der Waals surface area contributed by atoms with Crippen molar-refractivity contribution >= 4 is 10.4 Å². The lowest BCUT2D eigenvalue weighted by Crippen LogP contribution is -2.12. The molecule has 0 aromatic carbocycles. The van der Waals surface area contributed by atoms with Gasteiger partial charge in [-0.25, -0.2) is 8.37 Å². The molecule has 0 unspecified atom stereocenters. The Balaban J connectivity index is 3.52. The van der Waals surface area contributed by atoms with E-state index in [2.05, 4.69) is 38.2 Å². The van der Waals surface area contributed by atoms with Crippen LogP contribution in [-0.4, -0.2) is 21.6 Å². The molecule has 0 saturated heterocycles. The van der Waals surface area contributed by atoms with Crippen molar-refractivity contribution in [2.75, 3.05) is 13.2 Å². The van der Waals surface area contributed by atoms with Crippen LogP contribution in [0, 0.1) is 0 Å². The molecule has 0 spiro atoms.